The minimum Gasteiger partial charge on any atom is -0.0853 e. The zero-order valence-corrected chi connectivity index (χ0v) is 14.1. The molecule has 0 bridgehead atoms. The average molecular weight is 272 g/mol. The van der Waals surface area contributed by atoms with Gasteiger partial charge < -0.3 is 0 Å². The highest BCUT2D eigenvalue weighted by molar-refractivity contribution is 5.19. The molecule has 0 aliphatic heterocycles. The van der Waals surface area contributed by atoms with Crippen LogP contribution in [-0.2, 0) is 0 Å². The molecule has 0 aromatic rings. The topological polar surface area (TPSA) is 0 Å². The molecule has 2 rings (SSSR count). The smallest absolute Gasteiger partial charge is 0.0143 e. The maximum absolute atomic E-state index is 2.58. The molecule has 112 valence electrons. The highest BCUT2D eigenvalue weighted by atomic mass is 14.6. The highest BCUT2D eigenvalue weighted by Gasteiger charge is 2.55. The lowest BCUT2D eigenvalue weighted by atomic mass is 10.0. The zero-order chi connectivity index (χ0) is 14.8. The molecule has 20 heavy (non-hydrogen) atoms. The Morgan fingerprint density at radius 1 is 0.850 bits per heavy atom. The largest absolute Gasteiger partial charge is 0.0853 e. The van der Waals surface area contributed by atoms with E-state index in [4.69, 9.17) is 0 Å². The maximum Gasteiger partial charge on any atom is -0.0143 e. The third kappa shape index (κ3) is 3.87. The van der Waals surface area contributed by atoms with Crippen LogP contribution in [0.1, 0.15) is 73.1 Å². The molecule has 0 aromatic carbocycles. The molecule has 1 fully saturated rings. The molecule has 2 atom stereocenters. The molecule has 0 radical (unpaired) electrons. The van der Waals surface area contributed by atoms with Gasteiger partial charge in [-0.3, -0.25) is 0 Å². The Hall–Kier alpha value is -0.780. The molecule has 2 aliphatic rings. The summed E-state index contributed by atoms with van der Waals surface area (Å²) >= 11 is 0. The summed E-state index contributed by atoms with van der Waals surface area (Å²) in [7, 11) is 0. The van der Waals surface area contributed by atoms with E-state index in [2.05, 4.69) is 52.8 Å². The summed E-state index contributed by atoms with van der Waals surface area (Å²) in [5.41, 5.74) is 5.28. The first-order valence-corrected chi connectivity index (χ1v) is 8.40. The molecule has 2 aliphatic carbocycles. The van der Waals surface area contributed by atoms with Crippen LogP contribution in [0, 0.1) is 17.3 Å². The number of fused-ring (bicyclic) bond motifs is 1. The van der Waals surface area contributed by atoms with Crippen LogP contribution in [0.5, 0.6) is 0 Å². The molecule has 0 nitrogen and oxygen atoms in total. The summed E-state index contributed by atoms with van der Waals surface area (Å²) in [6, 6.07) is 0. The summed E-state index contributed by atoms with van der Waals surface area (Å²) < 4.78 is 0. The molecule has 0 heterocycles. The van der Waals surface area contributed by atoms with E-state index in [1.807, 2.05) is 0 Å². The summed E-state index contributed by atoms with van der Waals surface area (Å²) in [4.78, 5) is 0. The van der Waals surface area contributed by atoms with E-state index in [0.29, 0.717) is 5.41 Å². The minimum absolute atomic E-state index is 0.535. The SMILES string of the molecule is C/C1=C\CC/C(C)=C/C2C(CC/C(C)=C/CC1)C2(C)C. The van der Waals surface area contributed by atoms with Crippen LogP contribution in [0.4, 0.5) is 0 Å². The van der Waals surface area contributed by atoms with Crippen molar-refractivity contribution in [2.24, 2.45) is 17.3 Å². The predicted octanol–water partition coefficient (Wildman–Crippen LogP) is 6.45. The van der Waals surface area contributed by atoms with Crippen molar-refractivity contribution >= 4 is 0 Å². The van der Waals surface area contributed by atoms with Crippen molar-refractivity contribution in [1.29, 1.82) is 0 Å². The van der Waals surface area contributed by atoms with Crippen molar-refractivity contribution in [2.75, 3.05) is 0 Å². The Bertz CT molecular complexity index is 431. The van der Waals surface area contributed by atoms with Crippen LogP contribution in [0.25, 0.3) is 0 Å². The quantitative estimate of drug-likeness (QED) is 0.444. The van der Waals surface area contributed by atoms with Crippen molar-refractivity contribution in [3.63, 3.8) is 0 Å². The minimum atomic E-state index is 0.535. The van der Waals surface area contributed by atoms with Crippen molar-refractivity contribution in [3.05, 3.63) is 34.9 Å². The first-order chi connectivity index (χ1) is 9.41. The van der Waals surface area contributed by atoms with E-state index in [0.717, 1.165) is 11.8 Å². The third-order valence-electron chi connectivity index (χ3n) is 5.52. The fourth-order valence-corrected chi connectivity index (χ4v) is 3.74. The van der Waals surface area contributed by atoms with Gasteiger partial charge in [0.05, 0.1) is 0 Å². The van der Waals surface area contributed by atoms with Gasteiger partial charge in [0.15, 0.2) is 0 Å². The Morgan fingerprint density at radius 3 is 2.05 bits per heavy atom. The van der Waals surface area contributed by atoms with E-state index in [1.54, 1.807) is 16.7 Å². The Balaban J connectivity index is 2.09. The fraction of sp³-hybridized carbons (Fsp3) is 0.700. The molecule has 1 saturated carbocycles. The monoisotopic (exact) mass is 272 g/mol. The van der Waals surface area contributed by atoms with Crippen molar-refractivity contribution in [3.8, 4) is 0 Å². The van der Waals surface area contributed by atoms with Crippen LogP contribution in [-0.4, -0.2) is 0 Å². The second-order valence-corrected chi connectivity index (χ2v) is 7.68. The maximum atomic E-state index is 2.58. The van der Waals surface area contributed by atoms with Crippen molar-refractivity contribution in [2.45, 2.75) is 73.1 Å². The van der Waals surface area contributed by atoms with Gasteiger partial charge >= 0.3 is 0 Å². The third-order valence-corrected chi connectivity index (χ3v) is 5.52. The Kier molecular flexibility index (Phi) is 4.94. The molecule has 0 heteroatoms. The standard InChI is InChI=1S/C20H32/c1-15-8-6-10-16(2)12-13-18-19(20(18,4)5)14-17(3)11-7-9-15/h9-10,14,18-19H,6-8,11-13H2,1-5H3/b15-9+,16-10+,17-14+. The lowest BCUT2D eigenvalue weighted by Gasteiger charge is -2.05. The summed E-state index contributed by atoms with van der Waals surface area (Å²) in [6.45, 7) is 11.8. The van der Waals surface area contributed by atoms with Crippen LogP contribution in [0.15, 0.2) is 34.9 Å². The molecular weight excluding hydrogens is 240 g/mol. The van der Waals surface area contributed by atoms with Crippen LogP contribution in [0.2, 0.25) is 0 Å². The molecular formula is C20H32. The fourth-order valence-electron chi connectivity index (χ4n) is 3.74. The molecule has 2 unspecified atom stereocenters. The Labute approximate surface area is 126 Å². The van der Waals surface area contributed by atoms with Crippen molar-refractivity contribution < 1.29 is 0 Å². The second-order valence-electron chi connectivity index (χ2n) is 7.68. The first kappa shape index (κ1) is 15.6. The summed E-state index contributed by atoms with van der Waals surface area (Å²) in [6.07, 6.45) is 15.1. The average Bonchev–Trinajstić information content (AvgIpc) is 2.86. The lowest BCUT2D eigenvalue weighted by Crippen LogP contribution is -1.91. The molecule has 0 N–H and O–H groups in total. The molecule has 0 amide bonds. The Morgan fingerprint density at radius 2 is 1.40 bits per heavy atom. The van der Waals surface area contributed by atoms with Crippen molar-refractivity contribution in [1.82, 2.24) is 0 Å². The van der Waals surface area contributed by atoms with Crippen LogP contribution < -0.4 is 0 Å². The number of hydrogen-bond donors (Lipinski definition) is 0. The van der Waals surface area contributed by atoms with Gasteiger partial charge in [-0.05, 0) is 76.5 Å². The highest BCUT2D eigenvalue weighted by Crippen LogP contribution is 2.61. The number of rotatable bonds is 0. The lowest BCUT2D eigenvalue weighted by molar-refractivity contribution is 0.528. The van der Waals surface area contributed by atoms with Gasteiger partial charge in [-0.2, -0.15) is 0 Å². The van der Waals surface area contributed by atoms with Crippen LogP contribution >= 0.6 is 0 Å². The van der Waals surface area contributed by atoms with E-state index >= 15 is 0 Å². The van der Waals surface area contributed by atoms with Gasteiger partial charge in [-0.25, -0.2) is 0 Å². The van der Waals surface area contributed by atoms with E-state index < -0.39 is 0 Å². The zero-order valence-electron chi connectivity index (χ0n) is 14.1. The number of hydrogen-bond acceptors (Lipinski definition) is 0. The summed E-state index contributed by atoms with van der Waals surface area (Å²) in [5, 5.41) is 0. The first-order valence-electron chi connectivity index (χ1n) is 8.40. The van der Waals surface area contributed by atoms with Gasteiger partial charge in [0.2, 0.25) is 0 Å². The van der Waals surface area contributed by atoms with Crippen LogP contribution in [0.3, 0.4) is 0 Å². The normalized spacial score (nSPS) is 39.1. The van der Waals surface area contributed by atoms with Gasteiger partial charge in [-0.1, -0.05) is 48.8 Å². The van der Waals surface area contributed by atoms with Gasteiger partial charge in [0.1, 0.15) is 0 Å². The van der Waals surface area contributed by atoms with E-state index in [1.165, 1.54) is 38.5 Å². The van der Waals surface area contributed by atoms with E-state index in [9.17, 15) is 0 Å². The summed E-state index contributed by atoms with van der Waals surface area (Å²) in [5.74, 6) is 1.73. The van der Waals surface area contributed by atoms with E-state index in [-0.39, 0.29) is 0 Å². The predicted molar refractivity (Wildman–Crippen MR) is 89.7 cm³/mol. The van der Waals surface area contributed by atoms with Gasteiger partial charge in [-0.15, -0.1) is 0 Å². The molecule has 0 aromatic heterocycles. The van der Waals surface area contributed by atoms with Gasteiger partial charge in [0, 0.05) is 0 Å². The second kappa shape index (κ2) is 6.33. The molecule has 0 saturated heterocycles. The van der Waals surface area contributed by atoms with Gasteiger partial charge in [0.25, 0.3) is 0 Å². The molecule has 0 spiro atoms. The number of allylic oxidation sites excluding steroid dienone is 6.